The first kappa shape index (κ1) is 13.7. The van der Waals surface area contributed by atoms with Crippen molar-refractivity contribution in [2.24, 2.45) is 0 Å². The zero-order chi connectivity index (χ0) is 15.5. The quantitative estimate of drug-likeness (QED) is 0.644. The number of carbonyl (C=O) groups excluding carboxylic acids is 1. The first-order valence-electron chi connectivity index (χ1n) is 6.45. The largest absolute Gasteiger partial charge is 0.443 e. The Labute approximate surface area is 125 Å². The molecule has 0 bridgehead atoms. The van der Waals surface area contributed by atoms with Crippen LogP contribution in [0.25, 0.3) is 11.6 Å². The van der Waals surface area contributed by atoms with Gasteiger partial charge in [0.05, 0.1) is 18.4 Å². The molecule has 112 valence electrons. The van der Waals surface area contributed by atoms with Gasteiger partial charge in [-0.1, -0.05) is 0 Å². The van der Waals surface area contributed by atoms with Crippen molar-refractivity contribution < 1.29 is 9.21 Å². The van der Waals surface area contributed by atoms with E-state index in [-0.39, 0.29) is 18.1 Å². The molecule has 3 rings (SSSR count). The molecule has 0 fully saturated rings. The summed E-state index contributed by atoms with van der Waals surface area (Å²) in [7, 11) is 0. The molecule has 0 saturated carbocycles. The third kappa shape index (κ3) is 2.64. The first-order valence-corrected chi connectivity index (χ1v) is 6.45. The molecule has 0 saturated heterocycles. The number of oxazole rings is 1. The van der Waals surface area contributed by atoms with Gasteiger partial charge in [0.15, 0.2) is 11.5 Å². The van der Waals surface area contributed by atoms with E-state index in [2.05, 4.69) is 30.2 Å². The van der Waals surface area contributed by atoms with Crippen LogP contribution in [-0.4, -0.2) is 30.8 Å². The molecule has 3 aromatic rings. The summed E-state index contributed by atoms with van der Waals surface area (Å²) in [6, 6.07) is 0. The lowest BCUT2D eigenvalue weighted by atomic mass is 10.2. The fraction of sp³-hybridized carbons (Fsp3) is 0.154. The summed E-state index contributed by atoms with van der Waals surface area (Å²) in [6.45, 7) is 1.95. The normalized spacial score (nSPS) is 10.6. The number of nitrogens with one attached hydrogen (secondary N) is 2. The molecule has 3 heterocycles. The van der Waals surface area contributed by atoms with Crippen LogP contribution in [-0.2, 0) is 6.54 Å². The molecule has 0 spiro atoms. The molecule has 0 aliphatic carbocycles. The highest BCUT2D eigenvalue weighted by molar-refractivity contribution is 5.96. The number of imidazole rings is 1. The Hall–Kier alpha value is -3.23. The highest BCUT2D eigenvalue weighted by atomic mass is 16.3. The highest BCUT2D eigenvalue weighted by Gasteiger charge is 2.18. The smallest absolute Gasteiger partial charge is 0.274 e. The zero-order valence-corrected chi connectivity index (χ0v) is 11.7. The van der Waals surface area contributed by atoms with Crippen LogP contribution < -0.4 is 11.1 Å². The molecular formula is C13H13N7O2. The first-order chi connectivity index (χ1) is 10.6. The lowest BCUT2D eigenvalue weighted by Gasteiger charge is -2.08. The SMILES string of the molecule is Cc1nc(C(=O)NCc2ncc[nH]2)c(N)nc1-c1ncco1. The minimum absolute atomic E-state index is 0.00995. The number of aromatic amines is 1. The summed E-state index contributed by atoms with van der Waals surface area (Å²) in [5, 5.41) is 2.67. The number of aromatic nitrogens is 5. The van der Waals surface area contributed by atoms with Gasteiger partial charge >= 0.3 is 0 Å². The van der Waals surface area contributed by atoms with Crippen molar-refractivity contribution in [3.63, 3.8) is 0 Å². The van der Waals surface area contributed by atoms with Crippen molar-refractivity contribution in [3.8, 4) is 11.6 Å². The van der Waals surface area contributed by atoms with Crippen LogP contribution >= 0.6 is 0 Å². The van der Waals surface area contributed by atoms with Crippen LogP contribution in [0, 0.1) is 6.92 Å². The number of H-pyrrole nitrogens is 1. The van der Waals surface area contributed by atoms with Gasteiger partial charge < -0.3 is 20.5 Å². The van der Waals surface area contributed by atoms with Crippen molar-refractivity contribution >= 4 is 11.7 Å². The zero-order valence-electron chi connectivity index (χ0n) is 11.7. The van der Waals surface area contributed by atoms with Gasteiger partial charge in [-0.2, -0.15) is 0 Å². The van der Waals surface area contributed by atoms with Crippen LogP contribution in [0.5, 0.6) is 0 Å². The number of carbonyl (C=O) groups is 1. The van der Waals surface area contributed by atoms with Crippen LogP contribution in [0.2, 0.25) is 0 Å². The molecule has 0 atom stereocenters. The van der Waals surface area contributed by atoms with Crippen molar-refractivity contribution in [3.05, 3.63) is 42.1 Å². The Balaban J connectivity index is 1.82. The third-order valence-corrected chi connectivity index (χ3v) is 2.92. The van der Waals surface area contributed by atoms with Gasteiger partial charge in [0.2, 0.25) is 5.89 Å². The van der Waals surface area contributed by atoms with E-state index in [1.54, 1.807) is 19.3 Å². The van der Waals surface area contributed by atoms with Crippen LogP contribution in [0.4, 0.5) is 5.82 Å². The van der Waals surface area contributed by atoms with Gasteiger partial charge in [0.1, 0.15) is 17.8 Å². The summed E-state index contributed by atoms with van der Waals surface area (Å²) in [5.74, 6) is 0.520. The summed E-state index contributed by atoms with van der Waals surface area (Å²) >= 11 is 0. The topological polar surface area (TPSA) is 136 Å². The van der Waals surface area contributed by atoms with E-state index in [1.165, 1.54) is 12.5 Å². The van der Waals surface area contributed by atoms with Crippen LogP contribution in [0.1, 0.15) is 22.0 Å². The summed E-state index contributed by atoms with van der Waals surface area (Å²) in [4.78, 5) is 31.4. The number of anilines is 1. The molecule has 3 aromatic heterocycles. The molecule has 4 N–H and O–H groups in total. The molecule has 0 unspecified atom stereocenters. The molecule has 0 aromatic carbocycles. The molecule has 22 heavy (non-hydrogen) atoms. The molecule has 1 amide bonds. The Bertz CT molecular complexity index is 781. The van der Waals surface area contributed by atoms with Crippen molar-refractivity contribution in [1.82, 2.24) is 30.2 Å². The molecular weight excluding hydrogens is 286 g/mol. The number of hydrogen-bond donors (Lipinski definition) is 3. The van der Waals surface area contributed by atoms with Gasteiger partial charge in [-0.05, 0) is 6.92 Å². The standard InChI is InChI=1S/C13H13N7O2/c1-7-9(13-17-4-5-22-13)20-11(14)10(19-7)12(21)18-6-8-15-2-3-16-8/h2-5H,6H2,1H3,(H2,14,20)(H,15,16)(H,18,21). The molecule has 0 aliphatic heterocycles. The van der Waals surface area contributed by atoms with E-state index in [0.717, 1.165) is 0 Å². The van der Waals surface area contributed by atoms with Gasteiger partial charge in [0, 0.05) is 12.4 Å². The molecule has 0 radical (unpaired) electrons. The predicted octanol–water partition coefficient (Wildman–Crippen LogP) is 0.675. The fourth-order valence-corrected chi connectivity index (χ4v) is 1.88. The lowest BCUT2D eigenvalue weighted by Crippen LogP contribution is -2.26. The van der Waals surface area contributed by atoms with Crippen molar-refractivity contribution in [2.45, 2.75) is 13.5 Å². The second kappa shape index (κ2) is 5.64. The fourth-order valence-electron chi connectivity index (χ4n) is 1.88. The predicted molar refractivity (Wildman–Crippen MR) is 76.4 cm³/mol. The number of hydrogen-bond acceptors (Lipinski definition) is 7. The number of nitrogens with two attached hydrogens (primary N) is 1. The minimum Gasteiger partial charge on any atom is -0.443 e. The number of nitrogen functional groups attached to an aromatic ring is 1. The van der Waals surface area contributed by atoms with Crippen LogP contribution in [0.3, 0.4) is 0 Å². The highest BCUT2D eigenvalue weighted by Crippen LogP contribution is 2.20. The monoisotopic (exact) mass is 299 g/mol. The van der Waals surface area contributed by atoms with E-state index in [9.17, 15) is 4.79 Å². The Morgan fingerprint density at radius 2 is 2.23 bits per heavy atom. The van der Waals surface area contributed by atoms with E-state index >= 15 is 0 Å². The number of rotatable bonds is 4. The Kier molecular flexibility index (Phi) is 3.52. The average molecular weight is 299 g/mol. The van der Waals surface area contributed by atoms with E-state index in [1.807, 2.05) is 0 Å². The maximum atomic E-state index is 12.1. The molecule has 0 aliphatic rings. The molecule has 9 nitrogen and oxygen atoms in total. The summed E-state index contributed by atoms with van der Waals surface area (Å²) in [6.07, 6.45) is 6.20. The van der Waals surface area contributed by atoms with Crippen LogP contribution in [0.15, 0.2) is 29.3 Å². The number of amides is 1. The van der Waals surface area contributed by atoms with Gasteiger partial charge in [-0.25, -0.2) is 19.9 Å². The summed E-state index contributed by atoms with van der Waals surface area (Å²) < 4.78 is 5.17. The third-order valence-electron chi connectivity index (χ3n) is 2.92. The maximum absolute atomic E-state index is 12.1. The molecule has 9 heteroatoms. The van der Waals surface area contributed by atoms with Crippen molar-refractivity contribution in [2.75, 3.05) is 5.73 Å². The number of nitrogens with zero attached hydrogens (tertiary/aromatic N) is 4. The Morgan fingerprint density at radius 1 is 1.36 bits per heavy atom. The average Bonchev–Trinajstić information content (AvgIpc) is 3.19. The van der Waals surface area contributed by atoms with E-state index in [4.69, 9.17) is 10.2 Å². The maximum Gasteiger partial charge on any atom is 0.274 e. The number of aryl methyl sites for hydroxylation is 1. The van der Waals surface area contributed by atoms with Gasteiger partial charge in [-0.3, -0.25) is 4.79 Å². The van der Waals surface area contributed by atoms with E-state index in [0.29, 0.717) is 23.1 Å². The second-order valence-electron chi connectivity index (χ2n) is 4.45. The van der Waals surface area contributed by atoms with Crippen molar-refractivity contribution in [1.29, 1.82) is 0 Å². The van der Waals surface area contributed by atoms with Gasteiger partial charge in [0.25, 0.3) is 5.91 Å². The van der Waals surface area contributed by atoms with Gasteiger partial charge in [-0.15, -0.1) is 0 Å². The van der Waals surface area contributed by atoms with E-state index < -0.39 is 5.91 Å². The Morgan fingerprint density at radius 3 is 2.91 bits per heavy atom. The second-order valence-corrected chi connectivity index (χ2v) is 4.45. The minimum atomic E-state index is -0.427. The lowest BCUT2D eigenvalue weighted by molar-refractivity contribution is 0.0945. The summed E-state index contributed by atoms with van der Waals surface area (Å²) in [5.41, 5.74) is 6.78.